The second-order valence-electron chi connectivity index (χ2n) is 9.96. The minimum Gasteiger partial charge on any atom is -0.484 e. The third-order valence-electron chi connectivity index (χ3n) is 6.85. The van der Waals surface area contributed by atoms with Gasteiger partial charge in [0.25, 0.3) is 11.8 Å². The Kier molecular flexibility index (Phi) is 12.3. The molecule has 242 valence electrons. The van der Waals surface area contributed by atoms with Crippen molar-refractivity contribution < 1.29 is 45.4 Å². The van der Waals surface area contributed by atoms with Gasteiger partial charge in [0.2, 0.25) is 20.0 Å². The molecule has 2 aromatic carbocycles. The number of benzene rings is 2. The van der Waals surface area contributed by atoms with Crippen LogP contribution in [0.3, 0.4) is 0 Å². The van der Waals surface area contributed by atoms with E-state index in [4.69, 9.17) is 18.9 Å². The molecule has 0 aliphatic carbocycles. The summed E-state index contributed by atoms with van der Waals surface area (Å²) in [6.07, 6.45) is 1.25. The van der Waals surface area contributed by atoms with Crippen LogP contribution < -0.4 is 20.1 Å². The first kappa shape index (κ1) is 33.6. The van der Waals surface area contributed by atoms with E-state index in [-0.39, 0.29) is 34.8 Å². The highest BCUT2D eigenvalue weighted by atomic mass is 32.2. The van der Waals surface area contributed by atoms with Crippen molar-refractivity contribution in [3.63, 3.8) is 0 Å². The fraction of sp³-hybridized carbons (Fsp3) is 0.500. The van der Waals surface area contributed by atoms with Crippen LogP contribution in [0.25, 0.3) is 0 Å². The molecule has 2 amide bonds. The number of ether oxygens (including phenoxy) is 4. The molecule has 2 aromatic rings. The standard InChI is InChI=1S/C28H38N4O10S2/c33-27(21-41-23-3-7-25(8-4-23)43(35,36)31-13-17-39-18-14-31)29-11-1-2-12-30-28(34)22-42-24-5-9-26(10-6-24)44(37,38)32-15-19-40-20-16-32/h3-10H,1-2,11-22H2,(H,29,33)(H,30,34). The first-order valence-electron chi connectivity index (χ1n) is 14.3. The van der Waals surface area contributed by atoms with E-state index >= 15 is 0 Å². The van der Waals surface area contributed by atoms with E-state index in [0.29, 0.717) is 90.0 Å². The van der Waals surface area contributed by atoms with Crippen LogP contribution in [0.1, 0.15) is 12.8 Å². The molecule has 2 aliphatic heterocycles. The topological polar surface area (TPSA) is 170 Å². The van der Waals surface area contributed by atoms with Crippen LogP contribution in [0.2, 0.25) is 0 Å². The molecule has 0 aromatic heterocycles. The van der Waals surface area contributed by atoms with Crippen LogP contribution in [0.15, 0.2) is 58.3 Å². The van der Waals surface area contributed by atoms with Crippen molar-refractivity contribution in [1.82, 2.24) is 19.2 Å². The Morgan fingerprint density at radius 1 is 0.614 bits per heavy atom. The zero-order valence-corrected chi connectivity index (χ0v) is 25.9. The van der Waals surface area contributed by atoms with Crippen molar-refractivity contribution in [3.8, 4) is 11.5 Å². The predicted molar refractivity (Wildman–Crippen MR) is 158 cm³/mol. The number of hydrogen-bond donors (Lipinski definition) is 2. The molecule has 0 radical (unpaired) electrons. The predicted octanol–water partition coefficient (Wildman–Crippen LogP) is 0.199. The van der Waals surface area contributed by atoms with Gasteiger partial charge in [-0.05, 0) is 61.4 Å². The lowest BCUT2D eigenvalue weighted by Gasteiger charge is -2.26. The second-order valence-corrected chi connectivity index (χ2v) is 13.8. The van der Waals surface area contributed by atoms with E-state index in [0.717, 1.165) is 0 Å². The highest BCUT2D eigenvalue weighted by Gasteiger charge is 2.27. The molecule has 14 nitrogen and oxygen atoms in total. The molecule has 4 rings (SSSR count). The summed E-state index contributed by atoms with van der Waals surface area (Å²) >= 11 is 0. The Bertz CT molecular complexity index is 1330. The molecule has 16 heteroatoms. The van der Waals surface area contributed by atoms with Crippen LogP contribution in [0.5, 0.6) is 11.5 Å². The Morgan fingerprint density at radius 3 is 1.30 bits per heavy atom. The Labute approximate surface area is 257 Å². The number of nitrogens with zero attached hydrogens (tertiary/aromatic N) is 2. The third kappa shape index (κ3) is 9.61. The first-order chi connectivity index (χ1) is 21.2. The summed E-state index contributed by atoms with van der Waals surface area (Å²) in [6.45, 7) is 3.05. The SMILES string of the molecule is O=C(COc1ccc(S(=O)(=O)N2CCOCC2)cc1)NCCCCNC(=O)COc1ccc(S(=O)(=O)N2CCOCC2)cc1. The number of carbonyl (C=O) groups is 2. The van der Waals surface area contributed by atoms with E-state index in [1.54, 1.807) is 0 Å². The van der Waals surface area contributed by atoms with Crippen LogP contribution in [-0.2, 0) is 39.1 Å². The molecule has 0 bridgehead atoms. The smallest absolute Gasteiger partial charge is 0.257 e. The molecular weight excluding hydrogens is 616 g/mol. The van der Waals surface area contributed by atoms with Crippen LogP contribution in [0, 0.1) is 0 Å². The molecule has 2 N–H and O–H groups in total. The summed E-state index contributed by atoms with van der Waals surface area (Å²) in [4.78, 5) is 24.5. The average Bonchev–Trinajstić information content (AvgIpc) is 3.05. The molecule has 0 atom stereocenters. The summed E-state index contributed by atoms with van der Waals surface area (Å²) in [6, 6.07) is 11.9. The number of rotatable bonds is 15. The molecule has 2 heterocycles. The van der Waals surface area contributed by atoms with Gasteiger partial charge < -0.3 is 29.6 Å². The van der Waals surface area contributed by atoms with E-state index < -0.39 is 20.0 Å². The second kappa shape index (κ2) is 16.2. The van der Waals surface area contributed by atoms with Crippen LogP contribution in [0.4, 0.5) is 0 Å². The number of hydrogen-bond acceptors (Lipinski definition) is 10. The van der Waals surface area contributed by atoms with Gasteiger partial charge in [-0.2, -0.15) is 8.61 Å². The maximum absolute atomic E-state index is 12.7. The summed E-state index contributed by atoms with van der Waals surface area (Å²) in [5.41, 5.74) is 0. The fourth-order valence-corrected chi connectivity index (χ4v) is 7.21. The molecule has 0 unspecified atom stereocenters. The number of amides is 2. The van der Waals surface area contributed by atoms with Gasteiger partial charge in [0.1, 0.15) is 11.5 Å². The van der Waals surface area contributed by atoms with E-state index in [9.17, 15) is 26.4 Å². The van der Waals surface area contributed by atoms with Crippen molar-refractivity contribution in [1.29, 1.82) is 0 Å². The average molecular weight is 655 g/mol. The maximum Gasteiger partial charge on any atom is 0.257 e. The van der Waals surface area contributed by atoms with Gasteiger partial charge in [-0.1, -0.05) is 0 Å². The van der Waals surface area contributed by atoms with Gasteiger partial charge in [-0.3, -0.25) is 9.59 Å². The largest absolute Gasteiger partial charge is 0.484 e. The number of carbonyl (C=O) groups excluding carboxylic acids is 2. The molecule has 2 aliphatic rings. The molecule has 0 saturated carbocycles. The third-order valence-corrected chi connectivity index (χ3v) is 10.7. The monoisotopic (exact) mass is 654 g/mol. The zero-order chi connectivity index (χ0) is 31.4. The summed E-state index contributed by atoms with van der Waals surface area (Å²) in [5.74, 6) is 0.104. The Morgan fingerprint density at radius 2 is 0.955 bits per heavy atom. The Balaban J connectivity index is 1.05. The lowest BCUT2D eigenvalue weighted by Crippen LogP contribution is -2.40. The fourth-order valence-electron chi connectivity index (χ4n) is 4.39. The lowest BCUT2D eigenvalue weighted by molar-refractivity contribution is -0.124. The first-order valence-corrected chi connectivity index (χ1v) is 17.2. The van der Waals surface area contributed by atoms with Gasteiger partial charge in [0.15, 0.2) is 13.2 Å². The summed E-state index contributed by atoms with van der Waals surface area (Å²) in [7, 11) is -7.20. The summed E-state index contributed by atoms with van der Waals surface area (Å²) in [5, 5.41) is 5.47. The van der Waals surface area contributed by atoms with Crippen molar-refractivity contribution in [2.24, 2.45) is 0 Å². The lowest BCUT2D eigenvalue weighted by atomic mass is 10.3. The van der Waals surface area contributed by atoms with Crippen molar-refractivity contribution in [2.45, 2.75) is 22.6 Å². The zero-order valence-electron chi connectivity index (χ0n) is 24.3. The minimum atomic E-state index is -3.60. The number of nitrogens with one attached hydrogen (secondary N) is 2. The van der Waals surface area contributed by atoms with E-state index in [1.807, 2.05) is 0 Å². The number of sulfonamides is 2. The molecule has 2 saturated heterocycles. The van der Waals surface area contributed by atoms with Crippen molar-refractivity contribution in [3.05, 3.63) is 48.5 Å². The van der Waals surface area contributed by atoms with Gasteiger partial charge in [0.05, 0.1) is 36.2 Å². The van der Waals surface area contributed by atoms with Gasteiger partial charge in [0, 0.05) is 39.3 Å². The maximum atomic E-state index is 12.7. The number of unbranched alkanes of at least 4 members (excludes halogenated alkanes) is 1. The van der Waals surface area contributed by atoms with Gasteiger partial charge in [-0.15, -0.1) is 0 Å². The normalized spacial score (nSPS) is 16.6. The van der Waals surface area contributed by atoms with Crippen LogP contribution in [-0.4, -0.2) is 116 Å². The van der Waals surface area contributed by atoms with E-state index in [2.05, 4.69) is 10.6 Å². The van der Waals surface area contributed by atoms with Crippen LogP contribution >= 0.6 is 0 Å². The number of morpholine rings is 2. The highest BCUT2D eigenvalue weighted by molar-refractivity contribution is 7.89. The van der Waals surface area contributed by atoms with Gasteiger partial charge in [-0.25, -0.2) is 16.8 Å². The van der Waals surface area contributed by atoms with Crippen molar-refractivity contribution >= 4 is 31.9 Å². The van der Waals surface area contributed by atoms with Gasteiger partial charge >= 0.3 is 0 Å². The highest BCUT2D eigenvalue weighted by Crippen LogP contribution is 2.21. The quantitative estimate of drug-likeness (QED) is 0.253. The molecular formula is C28H38N4O10S2. The van der Waals surface area contributed by atoms with E-state index in [1.165, 1.54) is 57.1 Å². The Hall–Kier alpha value is -3.28. The molecule has 44 heavy (non-hydrogen) atoms. The molecule has 2 fully saturated rings. The van der Waals surface area contributed by atoms with Crippen molar-refractivity contribution in [2.75, 3.05) is 78.9 Å². The molecule has 0 spiro atoms. The minimum absolute atomic E-state index is 0.154. The summed E-state index contributed by atoms with van der Waals surface area (Å²) < 4.78 is 74.8.